The predicted octanol–water partition coefficient (Wildman–Crippen LogP) is 2.33. The second-order valence-electron chi connectivity index (χ2n) is 5.51. The monoisotopic (exact) mass is 259 g/mol. The lowest BCUT2D eigenvalue weighted by Gasteiger charge is -2.33. The van der Waals surface area contributed by atoms with Gasteiger partial charge in [-0.05, 0) is 33.6 Å². The molecule has 0 radical (unpaired) electrons. The average Bonchev–Trinajstić information content (AvgIpc) is 2.24. The van der Waals surface area contributed by atoms with Gasteiger partial charge < -0.3 is 19.5 Å². The van der Waals surface area contributed by atoms with Gasteiger partial charge in [-0.3, -0.25) is 0 Å². The second kappa shape index (κ2) is 5.93. The molecule has 1 rings (SSSR count). The van der Waals surface area contributed by atoms with E-state index in [1.54, 1.807) is 4.90 Å². The molecule has 1 fully saturated rings. The summed E-state index contributed by atoms with van der Waals surface area (Å²) in [6.07, 6.45) is 0.0892. The smallest absolute Gasteiger partial charge is 0.450 e. The van der Waals surface area contributed by atoms with E-state index in [1.807, 2.05) is 20.8 Å². The molecule has 1 aliphatic heterocycles. The summed E-state index contributed by atoms with van der Waals surface area (Å²) < 4.78 is 9.83. The van der Waals surface area contributed by atoms with Crippen LogP contribution in [0, 0.1) is 5.92 Å². The van der Waals surface area contributed by atoms with E-state index in [9.17, 15) is 9.59 Å². The third-order valence-electron chi connectivity index (χ3n) is 2.61. The number of hydrogen-bond donors (Lipinski definition) is 1. The number of carbonyl (C=O) groups excluding carboxylic acids is 1. The Labute approximate surface area is 107 Å². The molecule has 0 spiro atoms. The molecule has 0 saturated carbocycles. The molecule has 1 heterocycles. The molecule has 6 nitrogen and oxygen atoms in total. The number of ether oxygens (including phenoxy) is 2. The van der Waals surface area contributed by atoms with E-state index in [4.69, 9.17) is 9.84 Å². The van der Waals surface area contributed by atoms with Crippen LogP contribution >= 0.6 is 0 Å². The summed E-state index contributed by atoms with van der Waals surface area (Å²) in [5.74, 6) is 0.0577. The van der Waals surface area contributed by atoms with Crippen LogP contribution in [0.5, 0.6) is 0 Å². The van der Waals surface area contributed by atoms with Crippen LogP contribution in [-0.2, 0) is 9.47 Å². The first kappa shape index (κ1) is 14.6. The quantitative estimate of drug-likeness (QED) is 0.770. The predicted molar refractivity (Wildman–Crippen MR) is 64.5 cm³/mol. The molecule has 18 heavy (non-hydrogen) atoms. The summed E-state index contributed by atoms with van der Waals surface area (Å²) in [7, 11) is 0. The van der Waals surface area contributed by atoms with Crippen molar-refractivity contribution in [3.05, 3.63) is 0 Å². The molecule has 0 aromatic heterocycles. The van der Waals surface area contributed by atoms with Crippen molar-refractivity contribution >= 4 is 12.2 Å². The molecular weight excluding hydrogens is 238 g/mol. The highest BCUT2D eigenvalue weighted by molar-refractivity contribution is 5.68. The fourth-order valence-electron chi connectivity index (χ4n) is 1.88. The number of carbonyl (C=O) groups is 2. The summed E-state index contributed by atoms with van der Waals surface area (Å²) in [5, 5.41) is 8.44. The van der Waals surface area contributed by atoms with Crippen molar-refractivity contribution in [2.75, 3.05) is 19.7 Å². The van der Waals surface area contributed by atoms with Crippen LogP contribution in [0.25, 0.3) is 0 Å². The zero-order valence-corrected chi connectivity index (χ0v) is 11.1. The van der Waals surface area contributed by atoms with Crippen LogP contribution in [0.2, 0.25) is 0 Å². The fourth-order valence-corrected chi connectivity index (χ4v) is 1.88. The standard InChI is InChI=1S/C12H21NO5/c1-12(2,3)18-10(14)13-6-4-5-9(7-13)8-17-11(15)16/h9H,4-8H2,1-3H3,(H,15,16). The minimum absolute atomic E-state index is 0.0577. The van der Waals surface area contributed by atoms with E-state index in [1.165, 1.54) is 0 Å². The van der Waals surface area contributed by atoms with Gasteiger partial charge in [0.05, 0.1) is 6.61 Å². The molecule has 1 amide bonds. The van der Waals surface area contributed by atoms with Crippen LogP contribution in [0.15, 0.2) is 0 Å². The molecule has 0 aliphatic carbocycles. The van der Waals surface area contributed by atoms with Gasteiger partial charge >= 0.3 is 12.2 Å². The Bertz CT molecular complexity index is 310. The van der Waals surface area contributed by atoms with E-state index in [-0.39, 0.29) is 18.6 Å². The van der Waals surface area contributed by atoms with Gasteiger partial charge in [0.15, 0.2) is 0 Å². The van der Waals surface area contributed by atoms with Crippen LogP contribution < -0.4 is 0 Å². The Kier molecular flexibility index (Phi) is 4.81. The maximum absolute atomic E-state index is 11.8. The van der Waals surface area contributed by atoms with E-state index < -0.39 is 11.8 Å². The highest BCUT2D eigenvalue weighted by Crippen LogP contribution is 2.19. The SMILES string of the molecule is CC(C)(C)OC(=O)N1CCCC(COC(=O)O)C1. The molecule has 1 unspecified atom stereocenters. The molecule has 1 atom stereocenters. The van der Waals surface area contributed by atoms with Crippen molar-refractivity contribution in [2.45, 2.75) is 39.2 Å². The Morgan fingerprint density at radius 3 is 2.61 bits per heavy atom. The summed E-state index contributed by atoms with van der Waals surface area (Å²) in [6.45, 7) is 6.73. The number of rotatable bonds is 2. The zero-order chi connectivity index (χ0) is 13.8. The third-order valence-corrected chi connectivity index (χ3v) is 2.61. The van der Waals surface area contributed by atoms with Crippen molar-refractivity contribution in [1.29, 1.82) is 0 Å². The topological polar surface area (TPSA) is 76.1 Å². The van der Waals surface area contributed by atoms with Gasteiger partial charge in [-0.15, -0.1) is 0 Å². The van der Waals surface area contributed by atoms with Gasteiger partial charge in [0.25, 0.3) is 0 Å². The van der Waals surface area contributed by atoms with Crippen molar-refractivity contribution in [2.24, 2.45) is 5.92 Å². The maximum Gasteiger partial charge on any atom is 0.505 e. The minimum atomic E-state index is -1.27. The molecule has 6 heteroatoms. The molecule has 0 bridgehead atoms. The van der Waals surface area contributed by atoms with E-state index in [0.717, 1.165) is 12.8 Å². The number of carboxylic acid groups (broad SMARTS) is 1. The number of nitrogens with zero attached hydrogens (tertiary/aromatic N) is 1. The van der Waals surface area contributed by atoms with Crippen molar-refractivity contribution in [1.82, 2.24) is 4.90 Å². The number of amides is 1. The first-order valence-corrected chi connectivity index (χ1v) is 6.11. The van der Waals surface area contributed by atoms with Crippen molar-refractivity contribution < 1.29 is 24.2 Å². The zero-order valence-electron chi connectivity index (χ0n) is 11.1. The summed E-state index contributed by atoms with van der Waals surface area (Å²) in [4.78, 5) is 23.8. The molecule has 0 aromatic rings. The lowest BCUT2D eigenvalue weighted by atomic mass is 9.99. The lowest BCUT2D eigenvalue weighted by Crippen LogP contribution is -2.43. The normalized spacial score (nSPS) is 20.4. The molecule has 1 aliphatic rings. The van der Waals surface area contributed by atoms with E-state index in [2.05, 4.69) is 4.74 Å². The Balaban J connectivity index is 2.43. The lowest BCUT2D eigenvalue weighted by molar-refractivity contribution is 0.00984. The van der Waals surface area contributed by atoms with Gasteiger partial charge in [0.1, 0.15) is 5.60 Å². The second-order valence-corrected chi connectivity index (χ2v) is 5.51. The maximum atomic E-state index is 11.8. The summed E-state index contributed by atoms with van der Waals surface area (Å²) in [6, 6.07) is 0. The third kappa shape index (κ3) is 5.25. The summed E-state index contributed by atoms with van der Waals surface area (Å²) in [5.41, 5.74) is -0.512. The Hall–Kier alpha value is -1.46. The molecule has 104 valence electrons. The first-order valence-electron chi connectivity index (χ1n) is 6.11. The summed E-state index contributed by atoms with van der Waals surface area (Å²) >= 11 is 0. The number of likely N-dealkylation sites (tertiary alicyclic amines) is 1. The van der Waals surface area contributed by atoms with Gasteiger partial charge in [0, 0.05) is 19.0 Å². The molecule has 1 N–H and O–H groups in total. The number of hydrogen-bond acceptors (Lipinski definition) is 4. The minimum Gasteiger partial charge on any atom is -0.450 e. The van der Waals surface area contributed by atoms with Crippen molar-refractivity contribution in [3.63, 3.8) is 0 Å². The van der Waals surface area contributed by atoms with Crippen molar-refractivity contribution in [3.8, 4) is 0 Å². The Morgan fingerprint density at radius 2 is 2.06 bits per heavy atom. The molecular formula is C12H21NO5. The van der Waals surface area contributed by atoms with Crippen LogP contribution in [0.1, 0.15) is 33.6 Å². The molecule has 0 aromatic carbocycles. The van der Waals surface area contributed by atoms with Crippen LogP contribution in [0.4, 0.5) is 9.59 Å². The van der Waals surface area contributed by atoms with Gasteiger partial charge in [-0.1, -0.05) is 0 Å². The Morgan fingerprint density at radius 1 is 1.39 bits per heavy atom. The fraction of sp³-hybridized carbons (Fsp3) is 0.833. The first-order chi connectivity index (χ1) is 8.28. The van der Waals surface area contributed by atoms with Crippen LogP contribution in [0.3, 0.4) is 0 Å². The van der Waals surface area contributed by atoms with E-state index >= 15 is 0 Å². The molecule has 1 saturated heterocycles. The van der Waals surface area contributed by atoms with Gasteiger partial charge in [0.2, 0.25) is 0 Å². The van der Waals surface area contributed by atoms with Gasteiger partial charge in [-0.2, -0.15) is 0 Å². The van der Waals surface area contributed by atoms with Crippen LogP contribution in [-0.4, -0.2) is 47.6 Å². The average molecular weight is 259 g/mol. The number of piperidine rings is 1. The van der Waals surface area contributed by atoms with Gasteiger partial charge in [-0.25, -0.2) is 9.59 Å². The highest BCUT2D eigenvalue weighted by atomic mass is 16.7. The largest absolute Gasteiger partial charge is 0.505 e. The van der Waals surface area contributed by atoms with E-state index in [0.29, 0.717) is 13.1 Å². The highest BCUT2D eigenvalue weighted by Gasteiger charge is 2.28.